The molecule has 148 valence electrons. The second-order valence-corrected chi connectivity index (χ2v) is 9.68. The van der Waals surface area contributed by atoms with E-state index in [-0.39, 0.29) is 23.5 Å². The van der Waals surface area contributed by atoms with Crippen LogP contribution in [0.3, 0.4) is 0 Å². The highest BCUT2D eigenvalue weighted by molar-refractivity contribution is 7.18. The van der Waals surface area contributed by atoms with Crippen LogP contribution < -0.4 is 5.56 Å². The molecule has 0 saturated carbocycles. The van der Waals surface area contributed by atoms with Gasteiger partial charge in [0.2, 0.25) is 0 Å². The normalized spacial score (nSPS) is 17.1. The number of nitrogens with zero attached hydrogens (tertiary/aromatic N) is 2. The number of esters is 1. The van der Waals surface area contributed by atoms with Crippen LogP contribution in [-0.2, 0) is 28.9 Å². The van der Waals surface area contributed by atoms with E-state index in [9.17, 15) is 9.59 Å². The maximum Gasteiger partial charge on any atom is 0.326 e. The summed E-state index contributed by atoms with van der Waals surface area (Å²) in [5, 5.41) is 0.712. The molecule has 1 aliphatic rings. The van der Waals surface area contributed by atoms with Crippen molar-refractivity contribution in [2.45, 2.75) is 72.8 Å². The summed E-state index contributed by atoms with van der Waals surface area (Å²) in [5.41, 5.74) is 1.30. The van der Waals surface area contributed by atoms with Gasteiger partial charge >= 0.3 is 5.97 Å². The van der Waals surface area contributed by atoms with Crippen molar-refractivity contribution in [2.24, 2.45) is 11.3 Å². The van der Waals surface area contributed by atoms with Gasteiger partial charge in [0.25, 0.3) is 5.56 Å². The van der Waals surface area contributed by atoms with Gasteiger partial charge in [-0.2, -0.15) is 0 Å². The van der Waals surface area contributed by atoms with E-state index >= 15 is 0 Å². The van der Waals surface area contributed by atoms with Gasteiger partial charge in [-0.05, 0) is 42.6 Å². The Hall–Kier alpha value is -1.69. The van der Waals surface area contributed by atoms with Crippen molar-refractivity contribution >= 4 is 27.5 Å². The van der Waals surface area contributed by atoms with Gasteiger partial charge in [0.1, 0.15) is 11.4 Å². The van der Waals surface area contributed by atoms with Crippen LogP contribution in [0, 0.1) is 11.3 Å². The first-order valence-corrected chi connectivity index (χ1v) is 10.8. The van der Waals surface area contributed by atoms with Crippen LogP contribution in [-0.4, -0.2) is 22.1 Å². The molecule has 0 spiro atoms. The molecule has 0 fully saturated rings. The molecule has 1 atom stereocenters. The Kier molecular flexibility index (Phi) is 6.04. The van der Waals surface area contributed by atoms with E-state index in [1.165, 1.54) is 15.8 Å². The number of aryl methyl sites for hydroxylation is 1. The lowest BCUT2D eigenvalue weighted by molar-refractivity contribution is -0.144. The van der Waals surface area contributed by atoms with Crippen molar-refractivity contribution in [1.82, 2.24) is 9.55 Å². The van der Waals surface area contributed by atoms with E-state index in [0.717, 1.165) is 48.9 Å². The molecule has 2 aromatic heterocycles. The second-order valence-electron chi connectivity index (χ2n) is 8.59. The molecule has 0 aliphatic heterocycles. The highest BCUT2D eigenvalue weighted by atomic mass is 32.1. The Morgan fingerprint density at radius 1 is 1.37 bits per heavy atom. The molecule has 0 amide bonds. The van der Waals surface area contributed by atoms with Gasteiger partial charge in [0, 0.05) is 4.88 Å². The van der Waals surface area contributed by atoms with E-state index in [2.05, 4.69) is 32.7 Å². The summed E-state index contributed by atoms with van der Waals surface area (Å²) >= 11 is 1.64. The van der Waals surface area contributed by atoms with Gasteiger partial charge in [-0.1, -0.05) is 40.5 Å². The summed E-state index contributed by atoms with van der Waals surface area (Å²) in [6, 6.07) is 0. The fourth-order valence-electron chi connectivity index (χ4n) is 3.78. The molecule has 5 nitrogen and oxygen atoms in total. The van der Waals surface area contributed by atoms with Gasteiger partial charge in [0.05, 0.1) is 18.3 Å². The van der Waals surface area contributed by atoms with Crippen LogP contribution in [0.4, 0.5) is 0 Å². The summed E-state index contributed by atoms with van der Waals surface area (Å²) in [6.07, 6.45) is 7.49. The van der Waals surface area contributed by atoms with E-state index < -0.39 is 0 Å². The first kappa shape index (κ1) is 20.1. The Balaban J connectivity index is 1.80. The fraction of sp³-hybridized carbons (Fsp3) is 0.667. The van der Waals surface area contributed by atoms with Gasteiger partial charge < -0.3 is 4.74 Å². The maximum atomic E-state index is 13.0. The summed E-state index contributed by atoms with van der Waals surface area (Å²) in [6.45, 7) is 9.31. The Morgan fingerprint density at radius 3 is 2.85 bits per heavy atom. The predicted octanol–water partition coefficient (Wildman–Crippen LogP) is 4.34. The predicted molar refractivity (Wildman–Crippen MR) is 109 cm³/mol. The summed E-state index contributed by atoms with van der Waals surface area (Å²) in [7, 11) is 0. The van der Waals surface area contributed by atoms with Gasteiger partial charge in [0.15, 0.2) is 0 Å². The zero-order chi connectivity index (χ0) is 19.6. The number of hydrogen-bond donors (Lipinski definition) is 0. The Labute approximate surface area is 164 Å². The highest BCUT2D eigenvalue weighted by Crippen LogP contribution is 2.41. The molecule has 1 unspecified atom stereocenters. The Bertz CT molecular complexity index is 876. The summed E-state index contributed by atoms with van der Waals surface area (Å²) in [4.78, 5) is 31.6. The van der Waals surface area contributed by atoms with Crippen molar-refractivity contribution in [3.63, 3.8) is 0 Å². The number of fused-ring (bicyclic) bond motifs is 3. The van der Waals surface area contributed by atoms with Crippen LogP contribution in [0.15, 0.2) is 11.1 Å². The molecule has 27 heavy (non-hydrogen) atoms. The average molecular weight is 391 g/mol. The lowest BCUT2D eigenvalue weighted by Gasteiger charge is -2.33. The quantitative estimate of drug-likeness (QED) is 0.544. The molecule has 0 bridgehead atoms. The zero-order valence-corrected chi connectivity index (χ0v) is 17.7. The number of ether oxygens (including phenoxy) is 1. The minimum absolute atomic E-state index is 0.0663. The molecular weight excluding hydrogens is 360 g/mol. The molecular formula is C21H30N2O3S. The molecule has 2 aromatic rings. The van der Waals surface area contributed by atoms with Crippen LogP contribution in [0.1, 0.15) is 63.8 Å². The monoisotopic (exact) mass is 390 g/mol. The van der Waals surface area contributed by atoms with Crippen molar-refractivity contribution in [3.8, 4) is 0 Å². The van der Waals surface area contributed by atoms with Gasteiger partial charge in [-0.25, -0.2) is 4.98 Å². The fourth-order valence-corrected chi connectivity index (χ4v) is 5.03. The van der Waals surface area contributed by atoms with Crippen molar-refractivity contribution in [3.05, 3.63) is 27.1 Å². The Morgan fingerprint density at radius 2 is 2.15 bits per heavy atom. The molecule has 3 rings (SSSR count). The highest BCUT2D eigenvalue weighted by Gasteiger charge is 2.31. The molecule has 0 saturated heterocycles. The number of carbonyl (C=O) groups excluding carboxylic acids is 1. The molecule has 0 radical (unpaired) electrons. The summed E-state index contributed by atoms with van der Waals surface area (Å²) < 4.78 is 6.63. The molecule has 0 N–H and O–H groups in total. The van der Waals surface area contributed by atoms with E-state index in [1.807, 2.05) is 0 Å². The second kappa shape index (κ2) is 8.13. The number of hydrogen-bond acceptors (Lipinski definition) is 5. The van der Waals surface area contributed by atoms with Crippen LogP contribution in [0.2, 0.25) is 0 Å². The lowest BCUT2D eigenvalue weighted by atomic mass is 9.72. The van der Waals surface area contributed by atoms with E-state index in [4.69, 9.17) is 4.74 Å². The van der Waals surface area contributed by atoms with E-state index in [0.29, 0.717) is 17.9 Å². The van der Waals surface area contributed by atoms with Crippen molar-refractivity contribution in [1.29, 1.82) is 0 Å². The standard InChI is InChI=1S/C21H30N2O3S/c1-5-6-7-10-26-17(24)12-23-13-22-19-18(20(23)25)15-9-8-14(21(2,3)4)11-16(15)27-19/h13-14H,5-12H2,1-4H3. The third-order valence-corrected chi connectivity index (χ3v) is 6.73. The molecule has 1 aliphatic carbocycles. The average Bonchev–Trinajstić information content (AvgIpc) is 2.99. The number of thiophene rings is 1. The molecule has 2 heterocycles. The lowest BCUT2D eigenvalue weighted by Crippen LogP contribution is -2.28. The first-order chi connectivity index (χ1) is 12.8. The van der Waals surface area contributed by atoms with Crippen LogP contribution in [0.5, 0.6) is 0 Å². The minimum atomic E-state index is -0.369. The smallest absolute Gasteiger partial charge is 0.326 e. The number of aromatic nitrogens is 2. The third kappa shape index (κ3) is 4.42. The largest absolute Gasteiger partial charge is 0.464 e. The molecule has 6 heteroatoms. The van der Waals surface area contributed by atoms with Crippen LogP contribution in [0.25, 0.3) is 10.2 Å². The number of rotatable bonds is 6. The topological polar surface area (TPSA) is 61.2 Å². The van der Waals surface area contributed by atoms with Crippen molar-refractivity contribution < 1.29 is 9.53 Å². The molecule has 0 aromatic carbocycles. The zero-order valence-electron chi connectivity index (χ0n) is 16.8. The van der Waals surface area contributed by atoms with Gasteiger partial charge in [-0.15, -0.1) is 11.3 Å². The first-order valence-electron chi connectivity index (χ1n) is 9.96. The third-order valence-electron chi connectivity index (χ3n) is 5.57. The minimum Gasteiger partial charge on any atom is -0.464 e. The van der Waals surface area contributed by atoms with Gasteiger partial charge in [-0.3, -0.25) is 14.2 Å². The maximum absolute atomic E-state index is 13.0. The van der Waals surface area contributed by atoms with E-state index in [1.54, 1.807) is 11.3 Å². The summed E-state index contributed by atoms with van der Waals surface area (Å²) in [5.74, 6) is 0.254. The SMILES string of the molecule is CCCCCOC(=O)Cn1cnc2sc3c(c2c1=O)CCC(C(C)(C)C)C3. The number of carbonyl (C=O) groups is 1. The van der Waals surface area contributed by atoms with Crippen LogP contribution >= 0.6 is 11.3 Å². The van der Waals surface area contributed by atoms with Crippen molar-refractivity contribution in [2.75, 3.05) is 6.61 Å². The number of unbranched alkanes of at least 4 members (excludes halogenated alkanes) is 2.